The molecule has 0 aliphatic carbocycles. The molecule has 20 heteroatoms. The van der Waals surface area contributed by atoms with Crippen LogP contribution >= 0.6 is 15.6 Å². The predicted molar refractivity (Wildman–Crippen MR) is 275 cm³/mol. The topological polar surface area (TPSA) is 265 Å². The van der Waals surface area contributed by atoms with Crippen molar-refractivity contribution in [2.45, 2.75) is 257 Å². The lowest BCUT2D eigenvalue weighted by molar-refractivity contribution is -0.161. The monoisotopic (exact) mass is 1050 g/mol. The van der Waals surface area contributed by atoms with Crippen molar-refractivity contribution in [1.82, 2.24) is 9.55 Å². The number of nitrogens with two attached hydrogens (primary N) is 1. The number of aromatic nitrogens is 2. The molecule has 0 radical (unpaired) electrons. The average Bonchev–Trinajstić information content (AvgIpc) is 3.58. The van der Waals surface area contributed by atoms with Gasteiger partial charge in [-0.15, -0.1) is 0 Å². The molecule has 71 heavy (non-hydrogen) atoms. The number of nitrogens with zero attached hydrogens (tertiary/aromatic N) is 2. The van der Waals surface area contributed by atoms with Gasteiger partial charge < -0.3 is 39.9 Å². The molecule has 1 aliphatic heterocycles. The van der Waals surface area contributed by atoms with Gasteiger partial charge in [0.25, 0.3) is 0 Å². The molecular formula is C51H95N3O15P2. The summed E-state index contributed by atoms with van der Waals surface area (Å²) in [5, 5.41) is 20.9. The van der Waals surface area contributed by atoms with Crippen molar-refractivity contribution in [2.24, 2.45) is 11.8 Å². The third-order valence-electron chi connectivity index (χ3n) is 12.8. The first-order valence-corrected chi connectivity index (χ1v) is 30.3. The van der Waals surface area contributed by atoms with Crippen molar-refractivity contribution in [3.8, 4) is 0 Å². The van der Waals surface area contributed by atoms with Gasteiger partial charge in [-0.2, -0.15) is 9.29 Å². The van der Waals surface area contributed by atoms with E-state index in [1.807, 2.05) is 0 Å². The predicted octanol–water partition coefficient (Wildman–Crippen LogP) is 11.6. The van der Waals surface area contributed by atoms with Crippen molar-refractivity contribution in [2.75, 3.05) is 25.6 Å². The number of ether oxygens (including phenoxy) is 3. The van der Waals surface area contributed by atoms with E-state index in [2.05, 4.69) is 37.0 Å². The first kappa shape index (κ1) is 64.9. The number of phosphoric acid groups is 2. The highest BCUT2D eigenvalue weighted by atomic mass is 31.3. The van der Waals surface area contributed by atoms with E-state index >= 15 is 0 Å². The standard InChI is InChI=1S/C51H95N3O15P2/c1-41(2)32-28-24-20-16-12-8-5-6-10-15-19-23-27-31-35-47(56)67-43(38-64-46(55)34-30-26-22-18-14-11-7-9-13-17-21-25-29-33-42(3)4)39-65-70(60,61)69-71(62,63)66-40-44-48(57)49(58)50(68-44)54-37-36-45(52)53-51(54)59/h36-37,41-44,48-50,57-58H,5-35,38-40H2,1-4H3,(H,60,61)(H,62,63)(H2,52,53,59)/t43-,44-,48+,49?,50-/m1/s1. The molecule has 7 atom stereocenters. The Morgan fingerprint density at radius 1 is 0.634 bits per heavy atom. The third kappa shape index (κ3) is 32.6. The van der Waals surface area contributed by atoms with E-state index in [-0.39, 0.29) is 18.7 Å². The molecule has 1 aromatic heterocycles. The fraction of sp³-hybridized carbons (Fsp3) is 0.882. The summed E-state index contributed by atoms with van der Waals surface area (Å²) < 4.78 is 56.9. The smallest absolute Gasteiger partial charge is 0.462 e. The minimum absolute atomic E-state index is 0.0571. The largest absolute Gasteiger partial charge is 0.481 e. The molecular weight excluding hydrogens is 957 g/mol. The normalized spacial score (nSPS) is 19.2. The van der Waals surface area contributed by atoms with Gasteiger partial charge in [-0.05, 0) is 30.7 Å². The van der Waals surface area contributed by atoms with E-state index in [4.69, 9.17) is 29.0 Å². The first-order chi connectivity index (χ1) is 33.9. The lowest BCUT2D eigenvalue weighted by Gasteiger charge is -2.21. The van der Waals surface area contributed by atoms with Crippen LogP contribution in [0.4, 0.5) is 5.82 Å². The number of hydrogen-bond acceptors (Lipinski definition) is 15. The van der Waals surface area contributed by atoms with Crippen molar-refractivity contribution in [3.05, 3.63) is 22.7 Å². The van der Waals surface area contributed by atoms with Crippen LogP contribution in [-0.2, 0) is 46.3 Å². The Bertz CT molecular complexity index is 1720. The van der Waals surface area contributed by atoms with Crippen molar-refractivity contribution in [3.63, 3.8) is 0 Å². The zero-order valence-electron chi connectivity index (χ0n) is 43.9. The maximum Gasteiger partial charge on any atom is 0.481 e. The summed E-state index contributed by atoms with van der Waals surface area (Å²) in [5.41, 5.74) is 4.60. The van der Waals surface area contributed by atoms with Gasteiger partial charge in [0.05, 0.1) is 13.2 Å². The maximum absolute atomic E-state index is 12.9. The highest BCUT2D eigenvalue weighted by molar-refractivity contribution is 7.61. The van der Waals surface area contributed by atoms with E-state index in [1.165, 1.54) is 134 Å². The van der Waals surface area contributed by atoms with Gasteiger partial charge in [0.15, 0.2) is 12.3 Å². The molecule has 1 aromatic rings. The second kappa shape index (κ2) is 38.3. The summed E-state index contributed by atoms with van der Waals surface area (Å²) >= 11 is 0. The number of aliphatic hydroxyl groups is 2. The molecule has 0 bridgehead atoms. The quantitative estimate of drug-likeness (QED) is 0.0231. The van der Waals surface area contributed by atoms with Crippen LogP contribution in [0.25, 0.3) is 0 Å². The SMILES string of the molecule is CC(C)CCCCCCCCCCCCCCCCC(=O)O[C@H](COC(=O)CCCCCCCCCCCCCCCC(C)C)COP(=O)(O)OP(=O)(O)OC[C@H]1O[C@@H](n2ccc(N)nc2=O)C(O)[C@H]1O. The third-order valence-corrected chi connectivity index (χ3v) is 15.4. The second-order valence-electron chi connectivity index (χ2n) is 20.4. The molecule has 6 N–H and O–H groups in total. The maximum atomic E-state index is 12.9. The lowest BCUT2D eigenvalue weighted by atomic mass is 10.0. The van der Waals surface area contributed by atoms with Crippen LogP contribution < -0.4 is 11.4 Å². The van der Waals surface area contributed by atoms with Crippen LogP contribution in [0, 0.1) is 11.8 Å². The zero-order chi connectivity index (χ0) is 52.3. The number of esters is 2. The molecule has 1 fully saturated rings. The highest BCUT2D eigenvalue weighted by Crippen LogP contribution is 2.60. The Labute approximate surface area is 425 Å². The second-order valence-corrected chi connectivity index (χ2v) is 23.4. The number of carbonyl (C=O) groups is 2. The van der Waals surface area contributed by atoms with E-state index in [9.17, 15) is 43.5 Å². The van der Waals surface area contributed by atoms with Gasteiger partial charge in [-0.1, -0.05) is 201 Å². The number of hydrogen-bond donors (Lipinski definition) is 5. The highest BCUT2D eigenvalue weighted by Gasteiger charge is 2.46. The molecule has 2 rings (SSSR count). The molecule has 3 unspecified atom stereocenters. The van der Waals surface area contributed by atoms with Gasteiger partial charge in [0.1, 0.15) is 30.7 Å². The number of carbonyl (C=O) groups excluding carboxylic acids is 2. The average molecular weight is 1050 g/mol. The summed E-state index contributed by atoms with van der Waals surface area (Å²) in [6, 6.07) is 1.25. The molecule has 414 valence electrons. The van der Waals surface area contributed by atoms with E-state index in [0.717, 1.165) is 67.8 Å². The summed E-state index contributed by atoms with van der Waals surface area (Å²) in [6.45, 7) is 6.84. The number of aliphatic hydroxyl groups excluding tert-OH is 2. The van der Waals surface area contributed by atoms with Crippen LogP contribution in [0.2, 0.25) is 0 Å². The number of phosphoric ester groups is 2. The molecule has 2 heterocycles. The fourth-order valence-electron chi connectivity index (χ4n) is 8.57. The Morgan fingerprint density at radius 3 is 1.48 bits per heavy atom. The van der Waals surface area contributed by atoms with E-state index in [0.29, 0.717) is 12.8 Å². The number of unbranched alkanes of at least 4 members (excludes halogenated alkanes) is 25. The fourth-order valence-corrected chi connectivity index (χ4v) is 10.7. The Balaban J connectivity index is 1.77. The molecule has 0 saturated carbocycles. The Hall–Kier alpha value is -2.24. The first-order valence-electron chi connectivity index (χ1n) is 27.3. The van der Waals surface area contributed by atoms with Gasteiger partial charge in [0, 0.05) is 19.0 Å². The number of rotatable bonds is 45. The van der Waals surface area contributed by atoms with E-state index < -0.39 is 83.7 Å². The van der Waals surface area contributed by atoms with Gasteiger partial charge in [-0.25, -0.2) is 13.9 Å². The summed E-state index contributed by atoms with van der Waals surface area (Å²) in [6.07, 6.45) is 27.6. The molecule has 18 nitrogen and oxygen atoms in total. The van der Waals surface area contributed by atoms with Crippen LogP contribution in [-0.4, -0.2) is 85.7 Å². The molecule has 0 aromatic carbocycles. The van der Waals surface area contributed by atoms with Crippen LogP contribution in [0.15, 0.2) is 17.1 Å². The van der Waals surface area contributed by atoms with E-state index in [1.54, 1.807) is 0 Å². The minimum Gasteiger partial charge on any atom is -0.462 e. The summed E-state index contributed by atoms with van der Waals surface area (Å²) in [4.78, 5) is 62.0. The number of nitrogen functional groups attached to an aromatic ring is 1. The van der Waals surface area contributed by atoms with Crippen molar-refractivity contribution >= 4 is 33.4 Å². The summed E-state index contributed by atoms with van der Waals surface area (Å²) in [7, 11) is -10.8. The van der Waals surface area contributed by atoms with Crippen molar-refractivity contribution < 1.29 is 66.3 Å². The summed E-state index contributed by atoms with van der Waals surface area (Å²) in [5.74, 6) is 0.308. The molecule has 1 aliphatic rings. The van der Waals surface area contributed by atoms with Crippen LogP contribution in [0.3, 0.4) is 0 Å². The van der Waals surface area contributed by atoms with Crippen LogP contribution in [0.1, 0.15) is 233 Å². The molecule has 0 amide bonds. The van der Waals surface area contributed by atoms with Gasteiger partial charge in [-0.3, -0.25) is 23.2 Å². The lowest BCUT2D eigenvalue weighted by Crippen LogP contribution is -2.36. The van der Waals surface area contributed by atoms with Crippen LogP contribution in [0.5, 0.6) is 0 Å². The zero-order valence-corrected chi connectivity index (χ0v) is 45.7. The van der Waals surface area contributed by atoms with Crippen molar-refractivity contribution in [1.29, 1.82) is 0 Å². The molecule has 0 spiro atoms. The Morgan fingerprint density at radius 2 is 1.04 bits per heavy atom. The Kier molecular flexibility index (Phi) is 35.0. The number of anilines is 1. The van der Waals surface area contributed by atoms with Gasteiger partial charge >= 0.3 is 33.3 Å². The minimum atomic E-state index is -5.42. The molecule has 1 saturated heterocycles. The van der Waals surface area contributed by atoms with Gasteiger partial charge in [0.2, 0.25) is 0 Å².